The van der Waals surface area contributed by atoms with Crippen LogP contribution in [0.4, 0.5) is 4.79 Å². The van der Waals surface area contributed by atoms with Crippen molar-refractivity contribution >= 4 is 23.3 Å². The molecule has 0 unspecified atom stereocenters. The molecule has 126 valence electrons. The van der Waals surface area contributed by atoms with Gasteiger partial charge in [-0.3, -0.25) is 14.6 Å². The highest BCUT2D eigenvalue weighted by Gasteiger charge is 2.27. The summed E-state index contributed by atoms with van der Waals surface area (Å²) in [7, 11) is 0. The second-order valence-electron chi connectivity index (χ2n) is 5.76. The van der Waals surface area contributed by atoms with Gasteiger partial charge in [-0.2, -0.15) is 0 Å². The van der Waals surface area contributed by atoms with Crippen LogP contribution in [-0.4, -0.2) is 82.8 Å². The van der Waals surface area contributed by atoms with Gasteiger partial charge < -0.3 is 9.64 Å². The van der Waals surface area contributed by atoms with E-state index in [1.54, 1.807) is 11.3 Å². The summed E-state index contributed by atoms with van der Waals surface area (Å²) >= 11 is 1.61. The Morgan fingerprint density at radius 3 is 2.78 bits per heavy atom. The Hall–Kier alpha value is -1.74. The molecule has 2 aliphatic heterocycles. The molecular formula is C14H21N5O3S. The topological polar surface area (TPSA) is 78.9 Å². The first-order chi connectivity index (χ1) is 11.1. The molecule has 3 rings (SSSR count). The molecule has 2 fully saturated rings. The predicted molar refractivity (Wildman–Crippen MR) is 84.0 cm³/mol. The van der Waals surface area contributed by atoms with E-state index in [2.05, 4.69) is 15.1 Å². The minimum absolute atomic E-state index is 0.00235. The van der Waals surface area contributed by atoms with E-state index in [0.29, 0.717) is 19.7 Å². The van der Waals surface area contributed by atoms with Crippen molar-refractivity contribution in [2.75, 3.05) is 45.9 Å². The van der Waals surface area contributed by atoms with E-state index in [9.17, 15) is 9.59 Å². The minimum Gasteiger partial charge on any atom is -0.448 e. The molecule has 23 heavy (non-hydrogen) atoms. The monoisotopic (exact) mass is 339 g/mol. The Morgan fingerprint density at radius 2 is 2.09 bits per heavy atom. The van der Waals surface area contributed by atoms with Crippen molar-refractivity contribution in [3.05, 3.63) is 10.0 Å². The summed E-state index contributed by atoms with van der Waals surface area (Å²) in [6, 6.07) is 0. The van der Waals surface area contributed by atoms with Gasteiger partial charge in [0.2, 0.25) is 5.91 Å². The summed E-state index contributed by atoms with van der Waals surface area (Å²) in [6.07, 6.45) is 0.537. The first kappa shape index (κ1) is 16.1. The third kappa shape index (κ3) is 4.17. The van der Waals surface area contributed by atoms with E-state index in [-0.39, 0.29) is 18.5 Å². The molecule has 0 saturated carbocycles. The Bertz CT molecular complexity index is 579. The van der Waals surface area contributed by atoms with Gasteiger partial charge in [0, 0.05) is 26.2 Å². The van der Waals surface area contributed by atoms with Crippen LogP contribution in [0.25, 0.3) is 0 Å². The third-order valence-corrected chi connectivity index (χ3v) is 4.86. The first-order valence-corrected chi connectivity index (χ1v) is 8.64. The normalized spacial score (nSPS) is 19.8. The average Bonchev–Trinajstić information content (AvgIpc) is 3.02. The summed E-state index contributed by atoms with van der Waals surface area (Å²) in [6.45, 7) is 6.89. The van der Waals surface area contributed by atoms with Crippen LogP contribution in [0.1, 0.15) is 16.4 Å². The Labute approximate surface area is 139 Å². The fourth-order valence-electron chi connectivity index (χ4n) is 2.80. The fourth-order valence-corrected chi connectivity index (χ4v) is 3.56. The van der Waals surface area contributed by atoms with Gasteiger partial charge in [-0.1, -0.05) is 0 Å². The molecule has 2 saturated heterocycles. The fraction of sp³-hybridized carbons (Fsp3) is 0.714. The molecule has 2 aliphatic rings. The molecule has 8 nitrogen and oxygen atoms in total. The SMILES string of the molecule is Cc1nnc(CN2CCCN(C(=O)CN3CCOC3=O)CC2)s1. The van der Waals surface area contributed by atoms with Gasteiger partial charge in [-0.05, 0) is 13.3 Å². The maximum atomic E-state index is 12.4. The van der Waals surface area contributed by atoms with Gasteiger partial charge in [0.05, 0.1) is 13.1 Å². The standard InChI is InChI=1S/C14H21N5O3S/c1-11-15-16-12(23-11)9-17-3-2-4-18(6-5-17)13(20)10-19-7-8-22-14(19)21/h2-10H2,1H3. The number of aromatic nitrogens is 2. The van der Waals surface area contributed by atoms with Crippen molar-refractivity contribution < 1.29 is 14.3 Å². The Balaban J connectivity index is 1.49. The number of aryl methyl sites for hydroxylation is 1. The zero-order valence-electron chi connectivity index (χ0n) is 13.2. The molecule has 0 radical (unpaired) electrons. The van der Waals surface area contributed by atoms with Crippen LogP contribution in [0.15, 0.2) is 0 Å². The number of carbonyl (C=O) groups is 2. The summed E-state index contributed by atoms with van der Waals surface area (Å²) in [5.74, 6) is -0.00235. The number of nitrogens with zero attached hydrogens (tertiary/aromatic N) is 5. The quantitative estimate of drug-likeness (QED) is 0.787. The van der Waals surface area contributed by atoms with Crippen molar-refractivity contribution in [2.45, 2.75) is 19.9 Å². The number of amides is 2. The lowest BCUT2D eigenvalue weighted by Gasteiger charge is -2.23. The zero-order chi connectivity index (χ0) is 16.2. The van der Waals surface area contributed by atoms with Crippen LogP contribution in [0, 0.1) is 6.92 Å². The van der Waals surface area contributed by atoms with Crippen LogP contribution in [0.5, 0.6) is 0 Å². The summed E-state index contributed by atoms with van der Waals surface area (Å²) in [5, 5.41) is 10.2. The molecule has 1 aromatic heterocycles. The second kappa shape index (κ2) is 7.22. The lowest BCUT2D eigenvalue weighted by molar-refractivity contribution is -0.131. The van der Waals surface area contributed by atoms with Gasteiger partial charge in [-0.15, -0.1) is 21.5 Å². The second-order valence-corrected chi connectivity index (χ2v) is 7.03. The maximum absolute atomic E-state index is 12.4. The zero-order valence-corrected chi connectivity index (χ0v) is 14.0. The highest BCUT2D eigenvalue weighted by atomic mass is 32.1. The lowest BCUT2D eigenvalue weighted by Crippen LogP contribution is -2.42. The van der Waals surface area contributed by atoms with E-state index >= 15 is 0 Å². The van der Waals surface area contributed by atoms with Crippen molar-refractivity contribution in [3.63, 3.8) is 0 Å². The van der Waals surface area contributed by atoms with Gasteiger partial charge in [0.25, 0.3) is 0 Å². The number of ether oxygens (including phenoxy) is 1. The van der Waals surface area contributed by atoms with E-state index < -0.39 is 0 Å². The molecule has 0 aliphatic carbocycles. The molecule has 1 aromatic rings. The molecular weight excluding hydrogens is 318 g/mol. The number of carbonyl (C=O) groups excluding carboxylic acids is 2. The first-order valence-electron chi connectivity index (χ1n) is 7.82. The molecule has 0 atom stereocenters. The molecule has 3 heterocycles. The third-order valence-electron chi connectivity index (χ3n) is 4.04. The predicted octanol–water partition coefficient (Wildman–Crippen LogP) is 0.333. The Kier molecular flexibility index (Phi) is 5.06. The molecule has 9 heteroatoms. The molecule has 2 amide bonds. The minimum atomic E-state index is -0.388. The molecule has 0 bridgehead atoms. The van der Waals surface area contributed by atoms with E-state index in [1.165, 1.54) is 4.90 Å². The number of cyclic esters (lactones) is 1. The van der Waals surface area contributed by atoms with Crippen LogP contribution in [-0.2, 0) is 16.1 Å². The Morgan fingerprint density at radius 1 is 1.22 bits per heavy atom. The van der Waals surface area contributed by atoms with Gasteiger partial charge in [0.1, 0.15) is 23.2 Å². The van der Waals surface area contributed by atoms with Gasteiger partial charge in [0.15, 0.2) is 0 Å². The highest BCUT2D eigenvalue weighted by molar-refractivity contribution is 7.11. The molecule has 0 aromatic carbocycles. The number of rotatable bonds is 4. The van der Waals surface area contributed by atoms with Crippen LogP contribution in [0.2, 0.25) is 0 Å². The van der Waals surface area contributed by atoms with Crippen molar-refractivity contribution in [1.82, 2.24) is 24.9 Å². The lowest BCUT2D eigenvalue weighted by atomic mass is 10.3. The largest absolute Gasteiger partial charge is 0.448 e. The number of hydrogen-bond acceptors (Lipinski definition) is 7. The van der Waals surface area contributed by atoms with Crippen LogP contribution < -0.4 is 0 Å². The van der Waals surface area contributed by atoms with Crippen LogP contribution >= 0.6 is 11.3 Å². The molecule has 0 N–H and O–H groups in total. The summed E-state index contributed by atoms with van der Waals surface area (Å²) in [5.41, 5.74) is 0. The van der Waals surface area contributed by atoms with Crippen molar-refractivity contribution in [3.8, 4) is 0 Å². The highest BCUT2D eigenvalue weighted by Crippen LogP contribution is 2.13. The van der Waals surface area contributed by atoms with E-state index in [0.717, 1.165) is 42.6 Å². The average molecular weight is 339 g/mol. The van der Waals surface area contributed by atoms with Crippen LogP contribution in [0.3, 0.4) is 0 Å². The van der Waals surface area contributed by atoms with Gasteiger partial charge >= 0.3 is 6.09 Å². The van der Waals surface area contributed by atoms with E-state index in [4.69, 9.17) is 4.74 Å². The van der Waals surface area contributed by atoms with Crippen molar-refractivity contribution in [2.24, 2.45) is 0 Å². The smallest absolute Gasteiger partial charge is 0.410 e. The van der Waals surface area contributed by atoms with E-state index in [1.807, 2.05) is 11.8 Å². The molecule has 0 spiro atoms. The maximum Gasteiger partial charge on any atom is 0.410 e. The van der Waals surface area contributed by atoms with Gasteiger partial charge in [-0.25, -0.2) is 4.79 Å². The summed E-state index contributed by atoms with van der Waals surface area (Å²) in [4.78, 5) is 29.4. The summed E-state index contributed by atoms with van der Waals surface area (Å²) < 4.78 is 4.86. The van der Waals surface area contributed by atoms with Crippen molar-refractivity contribution in [1.29, 1.82) is 0 Å². The number of hydrogen-bond donors (Lipinski definition) is 0.